The van der Waals surface area contributed by atoms with Gasteiger partial charge in [-0.05, 0) is 19.3 Å². The Kier molecular flexibility index (Phi) is 4.05. The molecule has 2 rings (SSSR count). The Labute approximate surface area is 107 Å². The van der Waals surface area contributed by atoms with Gasteiger partial charge in [0.05, 0.1) is 24.4 Å². The zero-order chi connectivity index (χ0) is 12.3. The summed E-state index contributed by atoms with van der Waals surface area (Å²) in [5.74, 6) is 2.00. The largest absolute Gasteiger partial charge is 0.477 e. The summed E-state index contributed by atoms with van der Waals surface area (Å²) in [6.45, 7) is 6.54. The van der Waals surface area contributed by atoms with E-state index < -0.39 is 0 Å². The molecule has 1 aliphatic rings. The van der Waals surface area contributed by atoms with Crippen molar-refractivity contribution in [3.63, 3.8) is 0 Å². The number of hydrogen-bond acceptors (Lipinski definition) is 4. The van der Waals surface area contributed by atoms with E-state index in [1.54, 1.807) is 12.4 Å². The predicted molar refractivity (Wildman–Crippen MR) is 68.8 cm³/mol. The van der Waals surface area contributed by atoms with Crippen molar-refractivity contribution in [1.82, 2.24) is 9.97 Å². The van der Waals surface area contributed by atoms with Gasteiger partial charge in [0, 0.05) is 13.1 Å². The van der Waals surface area contributed by atoms with Crippen LogP contribution < -0.4 is 9.64 Å². The lowest BCUT2D eigenvalue weighted by atomic mass is 9.99. The molecule has 0 bridgehead atoms. The van der Waals surface area contributed by atoms with E-state index >= 15 is 0 Å². The third kappa shape index (κ3) is 3.00. The number of hydrogen-bond donors (Lipinski definition) is 0. The van der Waals surface area contributed by atoms with Gasteiger partial charge in [-0.3, -0.25) is 4.98 Å². The molecule has 1 fully saturated rings. The highest BCUT2D eigenvalue weighted by Crippen LogP contribution is 2.25. The van der Waals surface area contributed by atoms with Crippen LogP contribution in [0.4, 0.5) is 5.82 Å². The number of aromatic nitrogens is 2. The summed E-state index contributed by atoms with van der Waals surface area (Å²) in [4.78, 5) is 10.8. The molecule has 0 aromatic carbocycles. The van der Waals surface area contributed by atoms with Crippen molar-refractivity contribution in [1.29, 1.82) is 0 Å². The highest BCUT2D eigenvalue weighted by Gasteiger charge is 2.25. The summed E-state index contributed by atoms with van der Waals surface area (Å²) in [5.41, 5.74) is 0. The smallest absolute Gasteiger partial charge is 0.234 e. The second-order valence-electron chi connectivity index (χ2n) is 4.38. The van der Waals surface area contributed by atoms with Gasteiger partial charge in [-0.2, -0.15) is 4.98 Å². The fourth-order valence-electron chi connectivity index (χ4n) is 1.94. The topological polar surface area (TPSA) is 38.2 Å². The molecule has 1 saturated heterocycles. The lowest BCUT2D eigenvalue weighted by Gasteiger charge is -2.34. The number of nitrogens with zero attached hydrogens (tertiary/aromatic N) is 3. The lowest BCUT2D eigenvalue weighted by Crippen LogP contribution is -2.40. The van der Waals surface area contributed by atoms with Crippen LogP contribution >= 0.6 is 11.6 Å². The van der Waals surface area contributed by atoms with Crippen LogP contribution in [0.5, 0.6) is 5.88 Å². The second kappa shape index (κ2) is 5.54. The first-order valence-corrected chi connectivity index (χ1v) is 6.48. The van der Waals surface area contributed by atoms with Gasteiger partial charge in [0.2, 0.25) is 5.88 Å². The van der Waals surface area contributed by atoms with Gasteiger partial charge in [-0.1, -0.05) is 6.92 Å². The third-order valence-corrected chi connectivity index (χ3v) is 3.65. The minimum atomic E-state index is 0.182. The number of alkyl halides is 1. The van der Waals surface area contributed by atoms with Gasteiger partial charge in [0.1, 0.15) is 0 Å². The highest BCUT2D eigenvalue weighted by molar-refractivity contribution is 6.21. The Hall–Kier alpha value is -1.03. The molecule has 1 aromatic heterocycles. The van der Waals surface area contributed by atoms with E-state index in [0.717, 1.165) is 25.3 Å². The maximum Gasteiger partial charge on any atom is 0.234 e. The van der Waals surface area contributed by atoms with E-state index in [2.05, 4.69) is 21.8 Å². The second-order valence-corrected chi connectivity index (χ2v) is 4.94. The van der Waals surface area contributed by atoms with E-state index in [4.69, 9.17) is 16.3 Å². The van der Waals surface area contributed by atoms with Crippen LogP contribution in [0.1, 0.15) is 20.3 Å². The SMILES string of the molecule is CCOc1cncc(N2CCC(C)C(Cl)C2)n1. The van der Waals surface area contributed by atoms with Crippen LogP contribution in [-0.2, 0) is 0 Å². The summed E-state index contributed by atoms with van der Waals surface area (Å²) in [6, 6.07) is 0. The van der Waals surface area contributed by atoms with E-state index in [9.17, 15) is 0 Å². The average Bonchev–Trinajstić information content (AvgIpc) is 2.33. The molecule has 17 heavy (non-hydrogen) atoms. The maximum absolute atomic E-state index is 6.29. The molecule has 4 nitrogen and oxygen atoms in total. The Morgan fingerprint density at radius 3 is 3.06 bits per heavy atom. The van der Waals surface area contributed by atoms with Crippen LogP contribution in [0.2, 0.25) is 0 Å². The lowest BCUT2D eigenvalue weighted by molar-refractivity contribution is 0.325. The molecule has 2 unspecified atom stereocenters. The zero-order valence-electron chi connectivity index (χ0n) is 10.3. The molecule has 0 spiro atoms. The zero-order valence-corrected chi connectivity index (χ0v) is 11.0. The van der Waals surface area contributed by atoms with Crippen molar-refractivity contribution >= 4 is 17.4 Å². The minimum Gasteiger partial charge on any atom is -0.477 e. The number of halogens is 1. The molecule has 0 N–H and O–H groups in total. The third-order valence-electron chi connectivity index (χ3n) is 3.08. The molecule has 0 aliphatic carbocycles. The quantitative estimate of drug-likeness (QED) is 0.777. The number of ether oxygens (including phenoxy) is 1. The van der Waals surface area contributed by atoms with Crippen molar-refractivity contribution in [2.75, 3.05) is 24.6 Å². The Morgan fingerprint density at radius 1 is 1.53 bits per heavy atom. The van der Waals surface area contributed by atoms with Gasteiger partial charge in [0.15, 0.2) is 5.82 Å². The molecule has 1 aliphatic heterocycles. The summed E-state index contributed by atoms with van der Waals surface area (Å²) in [7, 11) is 0. The van der Waals surface area contributed by atoms with Gasteiger partial charge in [-0.25, -0.2) is 0 Å². The van der Waals surface area contributed by atoms with E-state index in [1.807, 2.05) is 6.92 Å². The first-order valence-electron chi connectivity index (χ1n) is 6.04. The van der Waals surface area contributed by atoms with E-state index in [0.29, 0.717) is 18.4 Å². The minimum absolute atomic E-state index is 0.182. The average molecular weight is 256 g/mol. The standard InChI is InChI=1S/C12H18ClN3O/c1-3-17-12-7-14-6-11(15-12)16-5-4-9(2)10(13)8-16/h6-7,9-10H,3-5,8H2,1-2H3. The van der Waals surface area contributed by atoms with Crippen LogP contribution in [0.3, 0.4) is 0 Å². The van der Waals surface area contributed by atoms with Gasteiger partial charge < -0.3 is 9.64 Å². The summed E-state index contributed by atoms with van der Waals surface area (Å²) >= 11 is 6.29. The number of anilines is 1. The first kappa shape index (κ1) is 12.4. The Bertz CT molecular complexity index is 375. The molecule has 0 radical (unpaired) electrons. The normalized spacial score (nSPS) is 24.8. The first-order chi connectivity index (χ1) is 8.20. The number of piperidine rings is 1. The van der Waals surface area contributed by atoms with Crippen LogP contribution in [0, 0.1) is 5.92 Å². The van der Waals surface area contributed by atoms with Crippen LogP contribution in [0.15, 0.2) is 12.4 Å². The van der Waals surface area contributed by atoms with Crippen molar-refractivity contribution in [3.05, 3.63) is 12.4 Å². The van der Waals surface area contributed by atoms with Gasteiger partial charge >= 0.3 is 0 Å². The summed E-state index contributed by atoms with van der Waals surface area (Å²) < 4.78 is 5.35. The maximum atomic E-state index is 6.29. The predicted octanol–water partition coefficient (Wildman–Crippen LogP) is 2.33. The monoisotopic (exact) mass is 255 g/mol. The Balaban J connectivity index is 2.09. The summed E-state index contributed by atoms with van der Waals surface area (Å²) in [6.07, 6.45) is 4.49. The molecular formula is C12H18ClN3O. The van der Waals surface area contributed by atoms with Crippen molar-refractivity contribution in [2.24, 2.45) is 5.92 Å². The molecule has 94 valence electrons. The molecule has 2 atom stereocenters. The summed E-state index contributed by atoms with van der Waals surface area (Å²) in [5, 5.41) is 0.182. The van der Waals surface area contributed by atoms with Gasteiger partial charge in [-0.15, -0.1) is 11.6 Å². The van der Waals surface area contributed by atoms with E-state index in [-0.39, 0.29) is 5.38 Å². The molecular weight excluding hydrogens is 238 g/mol. The molecule has 0 saturated carbocycles. The molecule has 1 aromatic rings. The Morgan fingerprint density at radius 2 is 2.35 bits per heavy atom. The molecule has 2 heterocycles. The fraction of sp³-hybridized carbons (Fsp3) is 0.667. The fourth-order valence-corrected chi connectivity index (χ4v) is 2.23. The molecule has 5 heteroatoms. The molecule has 0 amide bonds. The van der Waals surface area contributed by atoms with Gasteiger partial charge in [0.25, 0.3) is 0 Å². The van der Waals surface area contributed by atoms with Crippen molar-refractivity contribution in [2.45, 2.75) is 25.6 Å². The van der Waals surface area contributed by atoms with E-state index in [1.165, 1.54) is 0 Å². The van der Waals surface area contributed by atoms with Crippen LogP contribution in [-0.4, -0.2) is 35.0 Å². The van der Waals surface area contributed by atoms with Crippen molar-refractivity contribution in [3.8, 4) is 5.88 Å². The van der Waals surface area contributed by atoms with Crippen LogP contribution in [0.25, 0.3) is 0 Å². The highest BCUT2D eigenvalue weighted by atomic mass is 35.5. The number of rotatable bonds is 3. The van der Waals surface area contributed by atoms with Crippen molar-refractivity contribution < 1.29 is 4.74 Å².